The fourth-order valence-corrected chi connectivity index (χ4v) is 0.789. The van der Waals surface area contributed by atoms with Crippen molar-refractivity contribution in [2.75, 3.05) is 0 Å². The third-order valence-corrected chi connectivity index (χ3v) is 1.31. The van der Waals surface area contributed by atoms with Gasteiger partial charge in [0.2, 0.25) is 0 Å². The molecule has 1 rings (SSSR count). The maximum Gasteiger partial charge on any atom is 0.253 e. The SMILES string of the molecule is CC(=O)[O-].CCc1[nH]cc[n+]1C. The van der Waals surface area contributed by atoms with Crippen molar-refractivity contribution in [1.82, 2.24) is 4.98 Å². The Kier molecular flexibility index (Phi) is 4.76. The number of nitrogens with zero attached hydrogens (tertiary/aromatic N) is 1. The number of H-pyrrole nitrogens is 1. The van der Waals surface area contributed by atoms with Gasteiger partial charge in [0.15, 0.2) is 0 Å². The first-order valence-corrected chi connectivity index (χ1v) is 3.77. The number of carbonyl (C=O) groups excluding carboxylic acids is 1. The Labute approximate surface area is 71.9 Å². The van der Waals surface area contributed by atoms with Gasteiger partial charge in [0.1, 0.15) is 12.4 Å². The van der Waals surface area contributed by atoms with Gasteiger partial charge in [0.05, 0.1) is 7.05 Å². The van der Waals surface area contributed by atoms with Crippen molar-refractivity contribution in [1.29, 1.82) is 0 Å². The minimum atomic E-state index is -1.08. The first-order chi connectivity index (χ1) is 5.57. The van der Waals surface area contributed by atoms with E-state index in [1.807, 2.05) is 19.4 Å². The van der Waals surface area contributed by atoms with E-state index in [2.05, 4.69) is 16.5 Å². The van der Waals surface area contributed by atoms with Gasteiger partial charge in [0.25, 0.3) is 5.82 Å². The summed E-state index contributed by atoms with van der Waals surface area (Å²) in [7, 11) is 2.04. The van der Waals surface area contributed by atoms with Crippen molar-refractivity contribution in [3.05, 3.63) is 18.2 Å². The van der Waals surface area contributed by atoms with Crippen LogP contribution >= 0.6 is 0 Å². The van der Waals surface area contributed by atoms with Crippen molar-refractivity contribution >= 4 is 5.97 Å². The quantitative estimate of drug-likeness (QED) is 0.558. The minimum Gasteiger partial charge on any atom is -0.550 e. The van der Waals surface area contributed by atoms with E-state index in [-0.39, 0.29) is 0 Å². The molecule has 1 aromatic rings. The molecule has 0 saturated carbocycles. The van der Waals surface area contributed by atoms with Crippen LogP contribution in [0.4, 0.5) is 0 Å². The molecule has 0 aliphatic rings. The highest BCUT2D eigenvalue weighted by molar-refractivity contribution is 5.60. The van der Waals surface area contributed by atoms with E-state index in [1.54, 1.807) is 0 Å². The van der Waals surface area contributed by atoms with E-state index in [0.717, 1.165) is 13.3 Å². The summed E-state index contributed by atoms with van der Waals surface area (Å²) in [4.78, 5) is 12.0. The number of carboxylic acid groups (broad SMARTS) is 1. The van der Waals surface area contributed by atoms with Gasteiger partial charge in [-0.2, -0.15) is 0 Å². The molecule has 0 atom stereocenters. The van der Waals surface area contributed by atoms with Crippen molar-refractivity contribution in [3.63, 3.8) is 0 Å². The lowest BCUT2D eigenvalue weighted by atomic mass is 10.5. The van der Waals surface area contributed by atoms with Gasteiger partial charge in [-0.1, -0.05) is 6.92 Å². The predicted octanol–water partition coefficient (Wildman–Crippen LogP) is -0.842. The van der Waals surface area contributed by atoms with Crippen LogP contribution in [-0.4, -0.2) is 11.0 Å². The van der Waals surface area contributed by atoms with Crippen molar-refractivity contribution < 1.29 is 14.5 Å². The Morgan fingerprint density at radius 2 is 2.25 bits per heavy atom. The zero-order valence-electron chi connectivity index (χ0n) is 7.63. The van der Waals surface area contributed by atoms with Gasteiger partial charge >= 0.3 is 0 Å². The third kappa shape index (κ3) is 4.49. The van der Waals surface area contributed by atoms with E-state index in [4.69, 9.17) is 9.90 Å². The fraction of sp³-hybridized carbons (Fsp3) is 0.500. The van der Waals surface area contributed by atoms with Crippen molar-refractivity contribution in [2.45, 2.75) is 20.3 Å². The second kappa shape index (κ2) is 5.35. The lowest BCUT2D eigenvalue weighted by molar-refractivity contribution is -0.677. The monoisotopic (exact) mass is 170 g/mol. The number of imidazole rings is 1. The molecule has 4 heteroatoms. The van der Waals surface area contributed by atoms with Gasteiger partial charge in [-0.25, -0.2) is 9.55 Å². The van der Waals surface area contributed by atoms with Crippen LogP contribution in [0.25, 0.3) is 0 Å². The number of hydrogen-bond acceptors (Lipinski definition) is 2. The average molecular weight is 170 g/mol. The number of aromatic nitrogens is 2. The zero-order valence-corrected chi connectivity index (χ0v) is 7.63. The molecule has 1 N–H and O–H groups in total. The number of nitrogens with one attached hydrogen (secondary N) is 1. The molecule has 0 radical (unpaired) electrons. The van der Waals surface area contributed by atoms with Gasteiger partial charge in [0, 0.05) is 12.4 Å². The molecule has 12 heavy (non-hydrogen) atoms. The number of carbonyl (C=O) groups is 1. The zero-order chi connectivity index (χ0) is 9.56. The Morgan fingerprint density at radius 3 is 2.42 bits per heavy atom. The molecule has 0 fully saturated rings. The Morgan fingerprint density at radius 1 is 1.75 bits per heavy atom. The van der Waals surface area contributed by atoms with E-state index in [1.165, 1.54) is 5.82 Å². The smallest absolute Gasteiger partial charge is 0.253 e. The van der Waals surface area contributed by atoms with Crippen LogP contribution < -0.4 is 9.67 Å². The Hall–Kier alpha value is -1.32. The van der Waals surface area contributed by atoms with Crippen LogP contribution in [0.3, 0.4) is 0 Å². The molecule has 0 aromatic carbocycles. The molecule has 0 spiro atoms. The highest BCUT2D eigenvalue weighted by Gasteiger charge is 1.99. The van der Waals surface area contributed by atoms with Crippen LogP contribution in [0.5, 0.6) is 0 Å². The topological polar surface area (TPSA) is 59.8 Å². The Balaban J connectivity index is 0.000000261. The summed E-state index contributed by atoms with van der Waals surface area (Å²) in [5.74, 6) is 0.185. The molecule has 0 amide bonds. The normalized spacial score (nSPS) is 8.58. The molecule has 68 valence electrons. The Bertz CT molecular complexity index is 239. The summed E-state index contributed by atoms with van der Waals surface area (Å²) >= 11 is 0. The van der Waals surface area contributed by atoms with Crippen LogP contribution in [0.2, 0.25) is 0 Å². The standard InChI is InChI=1S/C6H10N2.C2H4O2/c1-3-6-7-4-5-8(6)2;1-2(3)4/h4-5H,3H2,1-2H3;1H3,(H,3,4). The van der Waals surface area contributed by atoms with Gasteiger partial charge < -0.3 is 9.90 Å². The minimum absolute atomic E-state index is 0.972. The maximum atomic E-state index is 8.89. The fourth-order valence-electron chi connectivity index (χ4n) is 0.789. The molecule has 1 aromatic heterocycles. The number of aliphatic carboxylic acids is 1. The van der Waals surface area contributed by atoms with Crippen LogP contribution in [0, 0.1) is 0 Å². The lowest BCUT2D eigenvalue weighted by Crippen LogP contribution is -2.29. The summed E-state index contributed by atoms with van der Waals surface area (Å²) in [5, 5.41) is 8.89. The number of hydrogen-bond donors (Lipinski definition) is 1. The molecular formula is C8H14N2O2. The van der Waals surface area contributed by atoms with Gasteiger partial charge in [-0.3, -0.25) is 0 Å². The summed E-state index contributed by atoms with van der Waals surface area (Å²) in [6.45, 7) is 3.10. The van der Waals surface area contributed by atoms with Crippen LogP contribution in [-0.2, 0) is 18.3 Å². The van der Waals surface area contributed by atoms with E-state index < -0.39 is 5.97 Å². The highest BCUT2D eigenvalue weighted by atomic mass is 16.4. The summed E-state index contributed by atoms with van der Waals surface area (Å²) in [5.41, 5.74) is 0. The third-order valence-electron chi connectivity index (χ3n) is 1.31. The number of aryl methyl sites for hydroxylation is 2. The van der Waals surface area contributed by atoms with Crippen molar-refractivity contribution in [2.24, 2.45) is 7.05 Å². The largest absolute Gasteiger partial charge is 0.550 e. The van der Waals surface area contributed by atoms with E-state index >= 15 is 0 Å². The van der Waals surface area contributed by atoms with Crippen LogP contribution in [0.1, 0.15) is 19.7 Å². The van der Waals surface area contributed by atoms with Gasteiger partial charge in [-0.15, -0.1) is 0 Å². The highest BCUT2D eigenvalue weighted by Crippen LogP contribution is 1.82. The second-order valence-corrected chi connectivity index (χ2v) is 2.36. The molecule has 0 unspecified atom stereocenters. The number of rotatable bonds is 1. The van der Waals surface area contributed by atoms with Gasteiger partial charge in [-0.05, 0) is 6.92 Å². The first-order valence-electron chi connectivity index (χ1n) is 3.77. The molecule has 0 aliphatic heterocycles. The molecule has 1 heterocycles. The molecule has 0 bridgehead atoms. The van der Waals surface area contributed by atoms with E-state index in [9.17, 15) is 0 Å². The maximum absolute atomic E-state index is 8.89. The lowest BCUT2D eigenvalue weighted by Gasteiger charge is -1.83. The predicted molar refractivity (Wildman–Crippen MR) is 42.0 cm³/mol. The number of carboxylic acids is 1. The summed E-state index contributed by atoms with van der Waals surface area (Å²) < 4.78 is 2.08. The van der Waals surface area contributed by atoms with Crippen molar-refractivity contribution in [3.8, 4) is 0 Å². The summed E-state index contributed by atoms with van der Waals surface area (Å²) in [6, 6.07) is 0. The summed E-state index contributed by atoms with van der Waals surface area (Å²) in [6.07, 6.45) is 5.03. The molecule has 0 saturated heterocycles. The average Bonchev–Trinajstić information content (AvgIpc) is 2.33. The molecule has 4 nitrogen and oxygen atoms in total. The van der Waals surface area contributed by atoms with E-state index in [0.29, 0.717) is 0 Å². The number of aromatic amines is 1. The molecule has 0 aliphatic carbocycles. The second-order valence-electron chi connectivity index (χ2n) is 2.36. The molecular weight excluding hydrogens is 156 g/mol. The van der Waals surface area contributed by atoms with Crippen LogP contribution in [0.15, 0.2) is 12.4 Å². The first kappa shape index (κ1) is 10.7.